The van der Waals surface area contributed by atoms with Crippen molar-refractivity contribution >= 4 is 6.03 Å². The molecular weight excluding hydrogens is 299 g/mol. The second kappa shape index (κ2) is 8.84. The fourth-order valence-corrected chi connectivity index (χ4v) is 2.79. The molecule has 2 atom stereocenters. The zero-order valence-electron chi connectivity index (χ0n) is 13.5. The first-order valence-electron chi connectivity index (χ1n) is 8.11. The van der Waals surface area contributed by atoms with Crippen LogP contribution in [0.25, 0.3) is 0 Å². The van der Waals surface area contributed by atoms with Gasteiger partial charge in [-0.15, -0.1) is 0 Å². The number of aliphatic hydroxyl groups excluding tert-OH is 1. The van der Waals surface area contributed by atoms with Gasteiger partial charge in [0, 0.05) is 13.1 Å². The maximum absolute atomic E-state index is 13.1. The van der Waals surface area contributed by atoms with E-state index in [9.17, 15) is 14.3 Å². The van der Waals surface area contributed by atoms with Crippen LogP contribution in [0.3, 0.4) is 0 Å². The molecule has 128 valence electrons. The average molecular weight is 324 g/mol. The first-order chi connectivity index (χ1) is 11.1. The van der Waals surface area contributed by atoms with Gasteiger partial charge in [0.05, 0.1) is 25.4 Å². The van der Waals surface area contributed by atoms with Crippen molar-refractivity contribution in [2.45, 2.75) is 38.3 Å². The summed E-state index contributed by atoms with van der Waals surface area (Å²) in [5.74, 6) is -0.235. The molecule has 0 saturated carbocycles. The van der Waals surface area contributed by atoms with Crippen LogP contribution in [-0.4, -0.2) is 54.5 Å². The van der Waals surface area contributed by atoms with Crippen molar-refractivity contribution in [1.29, 1.82) is 0 Å². The number of benzene rings is 1. The zero-order chi connectivity index (χ0) is 16.7. The topological polar surface area (TPSA) is 61.8 Å². The van der Waals surface area contributed by atoms with Gasteiger partial charge in [0.15, 0.2) is 0 Å². The minimum atomic E-state index is -0.468. The van der Waals surface area contributed by atoms with Gasteiger partial charge in [0.25, 0.3) is 0 Å². The minimum absolute atomic E-state index is 0.0908. The molecule has 0 aromatic heterocycles. The normalized spacial score (nSPS) is 19.4. The van der Waals surface area contributed by atoms with E-state index in [0.29, 0.717) is 32.7 Å². The van der Waals surface area contributed by atoms with Crippen LogP contribution in [0.2, 0.25) is 0 Å². The third-order valence-electron chi connectivity index (χ3n) is 3.91. The molecule has 0 radical (unpaired) electrons. The van der Waals surface area contributed by atoms with Crippen molar-refractivity contribution < 1.29 is 19.0 Å². The molecule has 1 aliphatic rings. The number of nitrogens with zero attached hydrogens (tertiary/aromatic N) is 1. The molecule has 6 heteroatoms. The Bertz CT molecular complexity index is 510. The number of aryl methyl sites for hydroxylation is 1. The summed E-state index contributed by atoms with van der Waals surface area (Å²) < 4.78 is 18.5. The first-order valence-corrected chi connectivity index (χ1v) is 8.11. The van der Waals surface area contributed by atoms with E-state index in [1.807, 2.05) is 6.07 Å². The largest absolute Gasteiger partial charge is 0.393 e. The van der Waals surface area contributed by atoms with Crippen molar-refractivity contribution in [1.82, 2.24) is 10.2 Å². The molecule has 2 unspecified atom stereocenters. The second-order valence-electron chi connectivity index (χ2n) is 5.97. The van der Waals surface area contributed by atoms with Crippen molar-refractivity contribution in [2.75, 3.05) is 26.3 Å². The number of nitrogens with one attached hydrogen (secondary N) is 1. The Labute approximate surface area is 136 Å². The van der Waals surface area contributed by atoms with Crippen molar-refractivity contribution in [2.24, 2.45) is 0 Å². The number of rotatable bonds is 6. The molecule has 1 heterocycles. The highest BCUT2D eigenvalue weighted by atomic mass is 19.1. The van der Waals surface area contributed by atoms with Crippen LogP contribution >= 0.6 is 0 Å². The SMILES string of the molecule is CC(O)CC1COCCN1C(=O)NCCCc1cccc(F)c1. The maximum Gasteiger partial charge on any atom is 0.317 e. The summed E-state index contributed by atoms with van der Waals surface area (Å²) in [4.78, 5) is 14.0. The Morgan fingerprint density at radius 2 is 2.39 bits per heavy atom. The number of carbonyl (C=O) groups is 1. The van der Waals surface area contributed by atoms with E-state index < -0.39 is 6.10 Å². The third-order valence-corrected chi connectivity index (χ3v) is 3.91. The van der Waals surface area contributed by atoms with E-state index in [0.717, 1.165) is 18.4 Å². The zero-order valence-corrected chi connectivity index (χ0v) is 13.5. The van der Waals surface area contributed by atoms with E-state index in [4.69, 9.17) is 4.74 Å². The Morgan fingerprint density at radius 3 is 3.13 bits per heavy atom. The van der Waals surface area contributed by atoms with Crippen LogP contribution in [0.5, 0.6) is 0 Å². The van der Waals surface area contributed by atoms with Crippen LogP contribution in [-0.2, 0) is 11.2 Å². The number of morpholine rings is 1. The lowest BCUT2D eigenvalue weighted by atomic mass is 10.1. The minimum Gasteiger partial charge on any atom is -0.393 e. The Balaban J connectivity index is 1.74. The lowest BCUT2D eigenvalue weighted by Crippen LogP contribution is -2.53. The van der Waals surface area contributed by atoms with E-state index in [1.54, 1.807) is 17.9 Å². The van der Waals surface area contributed by atoms with Gasteiger partial charge >= 0.3 is 6.03 Å². The quantitative estimate of drug-likeness (QED) is 0.786. The van der Waals surface area contributed by atoms with E-state index in [-0.39, 0.29) is 17.9 Å². The monoisotopic (exact) mass is 324 g/mol. The van der Waals surface area contributed by atoms with Gasteiger partial charge in [0.1, 0.15) is 5.82 Å². The number of aliphatic hydroxyl groups is 1. The molecule has 2 amide bonds. The van der Waals surface area contributed by atoms with Crippen LogP contribution in [0.1, 0.15) is 25.3 Å². The summed E-state index contributed by atoms with van der Waals surface area (Å²) in [7, 11) is 0. The maximum atomic E-state index is 13.1. The van der Waals surface area contributed by atoms with Crippen LogP contribution in [0, 0.1) is 5.82 Å². The van der Waals surface area contributed by atoms with Crippen LogP contribution in [0.4, 0.5) is 9.18 Å². The highest BCUT2D eigenvalue weighted by Gasteiger charge is 2.27. The molecule has 23 heavy (non-hydrogen) atoms. The van der Waals surface area contributed by atoms with Gasteiger partial charge in [-0.25, -0.2) is 9.18 Å². The van der Waals surface area contributed by atoms with Crippen LogP contribution < -0.4 is 5.32 Å². The molecule has 0 spiro atoms. The summed E-state index contributed by atoms with van der Waals surface area (Å²) in [6.45, 7) is 3.76. The number of halogens is 1. The smallest absolute Gasteiger partial charge is 0.317 e. The number of ether oxygens (including phenoxy) is 1. The third kappa shape index (κ3) is 5.80. The summed E-state index contributed by atoms with van der Waals surface area (Å²) in [6.07, 6.45) is 1.51. The summed E-state index contributed by atoms with van der Waals surface area (Å²) in [5, 5.41) is 12.4. The molecule has 1 aromatic rings. The predicted octanol–water partition coefficient (Wildman–Crippen LogP) is 1.94. The fourth-order valence-electron chi connectivity index (χ4n) is 2.79. The van der Waals surface area contributed by atoms with Gasteiger partial charge in [0.2, 0.25) is 0 Å². The van der Waals surface area contributed by atoms with Crippen LogP contribution in [0.15, 0.2) is 24.3 Å². The number of urea groups is 1. The fraction of sp³-hybridized carbons (Fsp3) is 0.588. The Morgan fingerprint density at radius 1 is 1.57 bits per heavy atom. The lowest BCUT2D eigenvalue weighted by molar-refractivity contribution is -0.00428. The molecule has 1 aliphatic heterocycles. The van der Waals surface area contributed by atoms with E-state index in [1.165, 1.54) is 12.1 Å². The molecule has 2 N–H and O–H groups in total. The Hall–Kier alpha value is -1.66. The molecule has 5 nitrogen and oxygen atoms in total. The van der Waals surface area contributed by atoms with E-state index in [2.05, 4.69) is 5.32 Å². The summed E-state index contributed by atoms with van der Waals surface area (Å²) >= 11 is 0. The van der Waals surface area contributed by atoms with Gasteiger partial charge in [-0.1, -0.05) is 12.1 Å². The van der Waals surface area contributed by atoms with Gasteiger partial charge < -0.3 is 20.1 Å². The van der Waals surface area contributed by atoms with Crippen molar-refractivity contribution in [3.05, 3.63) is 35.6 Å². The molecular formula is C17H25FN2O3. The molecule has 1 aromatic carbocycles. The number of amides is 2. The van der Waals surface area contributed by atoms with Crippen molar-refractivity contribution in [3.8, 4) is 0 Å². The Kier molecular flexibility index (Phi) is 6.80. The van der Waals surface area contributed by atoms with Gasteiger partial charge in [-0.2, -0.15) is 0 Å². The molecule has 0 aliphatic carbocycles. The summed E-state index contributed by atoms with van der Waals surface area (Å²) in [5.41, 5.74) is 0.928. The number of hydrogen-bond acceptors (Lipinski definition) is 3. The molecule has 1 fully saturated rings. The highest BCUT2D eigenvalue weighted by molar-refractivity contribution is 5.74. The standard InChI is InChI=1S/C17H25FN2O3/c1-13(21)10-16-12-23-9-8-20(16)17(22)19-7-3-5-14-4-2-6-15(18)11-14/h2,4,6,11,13,16,21H,3,5,7-10,12H2,1H3,(H,19,22). The van der Waals surface area contributed by atoms with Gasteiger partial charge in [-0.05, 0) is 43.9 Å². The predicted molar refractivity (Wildman–Crippen MR) is 85.7 cm³/mol. The summed E-state index contributed by atoms with van der Waals surface area (Å²) in [6, 6.07) is 6.29. The molecule has 1 saturated heterocycles. The number of hydrogen-bond donors (Lipinski definition) is 2. The average Bonchev–Trinajstić information content (AvgIpc) is 2.51. The highest BCUT2D eigenvalue weighted by Crippen LogP contribution is 2.13. The lowest BCUT2D eigenvalue weighted by Gasteiger charge is -2.36. The second-order valence-corrected chi connectivity index (χ2v) is 5.97. The number of carbonyl (C=O) groups excluding carboxylic acids is 1. The van der Waals surface area contributed by atoms with E-state index >= 15 is 0 Å². The first kappa shape index (κ1) is 17.7. The molecule has 2 rings (SSSR count). The molecule has 0 bridgehead atoms. The van der Waals surface area contributed by atoms with Crippen molar-refractivity contribution in [3.63, 3.8) is 0 Å². The van der Waals surface area contributed by atoms with Gasteiger partial charge in [-0.3, -0.25) is 0 Å².